The van der Waals surface area contributed by atoms with Gasteiger partial charge in [-0.15, -0.1) is 0 Å². The van der Waals surface area contributed by atoms with E-state index in [1.807, 2.05) is 18.2 Å². The molecule has 0 aromatic heterocycles. The summed E-state index contributed by atoms with van der Waals surface area (Å²) in [5, 5.41) is 2.77. The molecule has 0 atom stereocenters. The normalized spacial score (nSPS) is 16.1. The lowest BCUT2D eigenvalue weighted by Gasteiger charge is -2.27. The Bertz CT molecular complexity index is 520. The average molecular weight is 275 g/mol. The van der Waals surface area contributed by atoms with E-state index in [0.29, 0.717) is 12.1 Å². The topological polar surface area (TPSA) is 75.4 Å². The largest absolute Gasteiger partial charge is 0.324 e. The maximum atomic E-state index is 11.9. The quantitative estimate of drug-likeness (QED) is 0.884. The second-order valence-electron chi connectivity index (χ2n) is 5.73. The number of hydrogen-bond donors (Lipinski definition) is 2. The monoisotopic (exact) mass is 275 g/mol. The van der Waals surface area contributed by atoms with Crippen LogP contribution in [0.15, 0.2) is 24.3 Å². The Hall–Kier alpha value is -1.88. The summed E-state index contributed by atoms with van der Waals surface area (Å²) in [6, 6.07) is 7.32. The molecule has 1 aromatic carbocycles. The summed E-state index contributed by atoms with van der Waals surface area (Å²) in [5.41, 5.74) is 6.30. The first-order valence-corrected chi connectivity index (χ1v) is 6.89. The molecule has 2 rings (SSSR count). The summed E-state index contributed by atoms with van der Waals surface area (Å²) in [4.78, 5) is 25.5. The predicted molar refractivity (Wildman–Crippen MR) is 79.5 cm³/mol. The van der Waals surface area contributed by atoms with E-state index < -0.39 is 5.54 Å². The standard InChI is InChI=1S/C15H21N3O2/c1-15(2,16)14(20)17-11-6-5-7-12(10-11)18-9-4-3-8-13(18)19/h5-7,10H,3-4,8-9,16H2,1-2H3,(H,17,20). The van der Waals surface area contributed by atoms with Gasteiger partial charge in [0.15, 0.2) is 0 Å². The van der Waals surface area contributed by atoms with Crippen LogP contribution in [0.2, 0.25) is 0 Å². The van der Waals surface area contributed by atoms with Crippen molar-refractivity contribution in [2.24, 2.45) is 5.73 Å². The minimum absolute atomic E-state index is 0.138. The number of nitrogens with one attached hydrogen (secondary N) is 1. The van der Waals surface area contributed by atoms with Crippen molar-refractivity contribution in [2.45, 2.75) is 38.6 Å². The Morgan fingerprint density at radius 1 is 1.35 bits per heavy atom. The van der Waals surface area contributed by atoms with Gasteiger partial charge in [-0.3, -0.25) is 9.59 Å². The zero-order valence-corrected chi connectivity index (χ0v) is 12.0. The number of benzene rings is 1. The highest BCUT2D eigenvalue weighted by atomic mass is 16.2. The van der Waals surface area contributed by atoms with Crippen molar-refractivity contribution in [3.05, 3.63) is 24.3 Å². The molecule has 108 valence electrons. The molecule has 3 N–H and O–H groups in total. The second-order valence-corrected chi connectivity index (χ2v) is 5.73. The Labute approximate surface area is 119 Å². The molecule has 0 radical (unpaired) electrons. The van der Waals surface area contributed by atoms with Crippen LogP contribution in [0.3, 0.4) is 0 Å². The van der Waals surface area contributed by atoms with E-state index in [1.54, 1.807) is 24.8 Å². The smallest absolute Gasteiger partial charge is 0.243 e. The summed E-state index contributed by atoms with van der Waals surface area (Å²) in [5.74, 6) is -0.112. The Balaban J connectivity index is 2.15. The third-order valence-corrected chi connectivity index (χ3v) is 3.32. The number of rotatable bonds is 3. The van der Waals surface area contributed by atoms with E-state index in [2.05, 4.69) is 5.32 Å². The highest BCUT2D eigenvalue weighted by Crippen LogP contribution is 2.24. The summed E-state index contributed by atoms with van der Waals surface area (Å²) in [6.45, 7) is 4.04. The molecular weight excluding hydrogens is 254 g/mol. The minimum atomic E-state index is -0.934. The third kappa shape index (κ3) is 3.36. The van der Waals surface area contributed by atoms with E-state index >= 15 is 0 Å². The van der Waals surface area contributed by atoms with Gasteiger partial charge in [0.2, 0.25) is 11.8 Å². The van der Waals surface area contributed by atoms with E-state index in [9.17, 15) is 9.59 Å². The molecule has 0 aliphatic carbocycles. The lowest BCUT2D eigenvalue weighted by Crippen LogP contribution is -2.45. The molecule has 2 amide bonds. The number of carbonyl (C=O) groups is 2. The maximum Gasteiger partial charge on any atom is 0.243 e. The van der Waals surface area contributed by atoms with Crippen LogP contribution in [0.1, 0.15) is 33.1 Å². The predicted octanol–water partition coefficient (Wildman–Crippen LogP) is 1.88. The molecule has 0 spiro atoms. The Morgan fingerprint density at radius 2 is 2.10 bits per heavy atom. The number of amides is 2. The number of hydrogen-bond acceptors (Lipinski definition) is 3. The molecule has 5 nitrogen and oxygen atoms in total. The molecule has 1 aromatic rings. The van der Waals surface area contributed by atoms with Gasteiger partial charge >= 0.3 is 0 Å². The first-order valence-electron chi connectivity index (χ1n) is 6.89. The first kappa shape index (κ1) is 14.5. The summed E-state index contributed by atoms with van der Waals surface area (Å²) in [7, 11) is 0. The fraction of sp³-hybridized carbons (Fsp3) is 0.467. The van der Waals surface area contributed by atoms with Crippen LogP contribution in [0.5, 0.6) is 0 Å². The van der Waals surface area contributed by atoms with Gasteiger partial charge in [0, 0.05) is 24.3 Å². The van der Waals surface area contributed by atoms with Crippen molar-refractivity contribution in [1.82, 2.24) is 0 Å². The number of nitrogens with zero attached hydrogens (tertiary/aromatic N) is 1. The highest BCUT2D eigenvalue weighted by Gasteiger charge is 2.23. The zero-order chi connectivity index (χ0) is 14.8. The fourth-order valence-corrected chi connectivity index (χ4v) is 2.12. The Kier molecular flexibility index (Phi) is 4.09. The molecule has 0 saturated carbocycles. The Morgan fingerprint density at radius 3 is 2.75 bits per heavy atom. The molecule has 1 aliphatic heterocycles. The number of anilines is 2. The van der Waals surface area contributed by atoms with Crippen LogP contribution >= 0.6 is 0 Å². The van der Waals surface area contributed by atoms with Gasteiger partial charge in [-0.05, 0) is 44.9 Å². The molecular formula is C15H21N3O2. The molecule has 1 fully saturated rings. The van der Waals surface area contributed by atoms with E-state index in [-0.39, 0.29) is 11.8 Å². The van der Waals surface area contributed by atoms with E-state index in [4.69, 9.17) is 5.73 Å². The van der Waals surface area contributed by atoms with Crippen molar-refractivity contribution in [2.75, 3.05) is 16.8 Å². The average Bonchev–Trinajstić information content (AvgIpc) is 2.38. The van der Waals surface area contributed by atoms with Gasteiger partial charge in [0.05, 0.1) is 5.54 Å². The van der Waals surface area contributed by atoms with Gasteiger partial charge in [-0.1, -0.05) is 6.07 Å². The lowest BCUT2D eigenvalue weighted by atomic mass is 10.1. The maximum absolute atomic E-state index is 11.9. The molecule has 1 heterocycles. The minimum Gasteiger partial charge on any atom is -0.324 e. The van der Waals surface area contributed by atoms with E-state index in [0.717, 1.165) is 25.1 Å². The summed E-state index contributed by atoms with van der Waals surface area (Å²) < 4.78 is 0. The van der Waals surface area contributed by atoms with Crippen molar-refractivity contribution in [3.63, 3.8) is 0 Å². The van der Waals surface area contributed by atoms with Crippen LogP contribution in [0.25, 0.3) is 0 Å². The highest BCUT2D eigenvalue weighted by molar-refractivity contribution is 5.99. The van der Waals surface area contributed by atoms with Crippen molar-refractivity contribution < 1.29 is 9.59 Å². The summed E-state index contributed by atoms with van der Waals surface area (Å²) in [6.07, 6.45) is 2.55. The molecule has 1 aliphatic rings. The van der Waals surface area contributed by atoms with Gasteiger partial charge in [0.1, 0.15) is 0 Å². The fourth-order valence-electron chi connectivity index (χ4n) is 2.12. The molecule has 0 bridgehead atoms. The molecule has 20 heavy (non-hydrogen) atoms. The van der Waals surface area contributed by atoms with Gasteiger partial charge in [-0.25, -0.2) is 0 Å². The van der Waals surface area contributed by atoms with Gasteiger partial charge in [0.25, 0.3) is 0 Å². The summed E-state index contributed by atoms with van der Waals surface area (Å²) >= 11 is 0. The third-order valence-electron chi connectivity index (χ3n) is 3.32. The SMILES string of the molecule is CC(C)(N)C(=O)Nc1cccc(N2CCCCC2=O)c1. The number of carbonyl (C=O) groups excluding carboxylic acids is 2. The van der Waals surface area contributed by atoms with Crippen molar-refractivity contribution >= 4 is 23.2 Å². The second kappa shape index (κ2) is 5.63. The van der Waals surface area contributed by atoms with Crippen LogP contribution in [-0.4, -0.2) is 23.9 Å². The van der Waals surface area contributed by atoms with Crippen LogP contribution < -0.4 is 16.0 Å². The van der Waals surface area contributed by atoms with Crippen LogP contribution in [-0.2, 0) is 9.59 Å². The van der Waals surface area contributed by atoms with Gasteiger partial charge in [-0.2, -0.15) is 0 Å². The lowest BCUT2D eigenvalue weighted by molar-refractivity contribution is -0.120. The number of piperidine rings is 1. The first-order chi connectivity index (χ1) is 9.38. The van der Waals surface area contributed by atoms with Crippen molar-refractivity contribution in [1.29, 1.82) is 0 Å². The zero-order valence-electron chi connectivity index (χ0n) is 12.0. The number of nitrogens with two attached hydrogens (primary N) is 1. The molecule has 0 unspecified atom stereocenters. The van der Waals surface area contributed by atoms with E-state index in [1.165, 1.54) is 0 Å². The van der Waals surface area contributed by atoms with Crippen molar-refractivity contribution in [3.8, 4) is 0 Å². The van der Waals surface area contributed by atoms with Gasteiger partial charge < -0.3 is 16.0 Å². The molecule has 1 saturated heterocycles. The van der Waals surface area contributed by atoms with Crippen LogP contribution in [0, 0.1) is 0 Å². The molecule has 5 heteroatoms. The van der Waals surface area contributed by atoms with Crippen LogP contribution in [0.4, 0.5) is 11.4 Å².